The molecule has 0 unspecified atom stereocenters. The lowest BCUT2D eigenvalue weighted by Crippen LogP contribution is -2.54. The highest BCUT2D eigenvalue weighted by Crippen LogP contribution is 2.30. The van der Waals surface area contributed by atoms with E-state index in [-0.39, 0.29) is 48.9 Å². The summed E-state index contributed by atoms with van der Waals surface area (Å²) in [6, 6.07) is 3.62. The lowest BCUT2D eigenvalue weighted by atomic mass is 9.96. The Labute approximate surface area is 170 Å². The Balaban J connectivity index is 1.64. The van der Waals surface area contributed by atoms with Crippen LogP contribution >= 0.6 is 0 Å². The van der Waals surface area contributed by atoms with Crippen LogP contribution in [0.25, 0.3) is 0 Å². The number of carbonyl (C=O) groups excluding carboxylic acids is 1. The normalized spacial score (nSPS) is 19.0. The zero-order valence-electron chi connectivity index (χ0n) is 16.4. The molecule has 0 spiro atoms. The van der Waals surface area contributed by atoms with Crippen LogP contribution in [0.1, 0.15) is 32.1 Å². The average Bonchev–Trinajstić information content (AvgIpc) is 2.74. The van der Waals surface area contributed by atoms with E-state index in [9.17, 15) is 23.3 Å². The number of hydrogen-bond acceptors (Lipinski definition) is 6. The molecule has 2 aliphatic rings. The zero-order chi connectivity index (χ0) is 21.0. The number of hydrogen-bond donors (Lipinski definition) is 1. The number of amides is 2. The molecule has 0 bridgehead atoms. The SMILES string of the molecule is COc1ccc(S(=O)(=O)N2CCN(C(=O)NC3CCCCC3)CC2)cc1[N+](=O)[O-]. The monoisotopic (exact) mass is 426 g/mol. The molecule has 1 aliphatic carbocycles. The van der Waals surface area contributed by atoms with E-state index in [2.05, 4.69) is 5.32 Å². The Morgan fingerprint density at radius 3 is 2.41 bits per heavy atom. The van der Waals surface area contributed by atoms with Gasteiger partial charge in [-0.1, -0.05) is 19.3 Å². The van der Waals surface area contributed by atoms with Gasteiger partial charge in [0, 0.05) is 38.3 Å². The van der Waals surface area contributed by atoms with Crippen molar-refractivity contribution in [3.63, 3.8) is 0 Å². The molecule has 2 fully saturated rings. The molecule has 3 rings (SSSR count). The number of piperazine rings is 1. The third-order valence-corrected chi connectivity index (χ3v) is 7.34. The van der Waals surface area contributed by atoms with E-state index in [4.69, 9.17) is 4.74 Å². The van der Waals surface area contributed by atoms with Crippen LogP contribution in [0.15, 0.2) is 23.1 Å². The first kappa shape index (κ1) is 21.3. The lowest BCUT2D eigenvalue weighted by Gasteiger charge is -2.35. The minimum atomic E-state index is -3.90. The van der Waals surface area contributed by atoms with Gasteiger partial charge < -0.3 is 15.0 Å². The summed E-state index contributed by atoms with van der Waals surface area (Å²) in [5, 5.41) is 14.2. The van der Waals surface area contributed by atoms with Crippen LogP contribution in [0, 0.1) is 10.1 Å². The van der Waals surface area contributed by atoms with Crippen molar-refractivity contribution in [2.45, 2.75) is 43.0 Å². The van der Waals surface area contributed by atoms with Crippen LogP contribution in [0.2, 0.25) is 0 Å². The van der Waals surface area contributed by atoms with Gasteiger partial charge in [0.1, 0.15) is 0 Å². The van der Waals surface area contributed by atoms with Crippen LogP contribution in [-0.4, -0.2) is 67.9 Å². The number of urea groups is 1. The second kappa shape index (κ2) is 8.95. The highest BCUT2D eigenvalue weighted by atomic mass is 32.2. The van der Waals surface area contributed by atoms with Gasteiger partial charge in [-0.15, -0.1) is 0 Å². The van der Waals surface area contributed by atoms with Gasteiger partial charge in [-0.3, -0.25) is 10.1 Å². The number of nitrogens with zero attached hydrogens (tertiary/aromatic N) is 3. The van der Waals surface area contributed by atoms with Gasteiger partial charge in [0.15, 0.2) is 5.75 Å². The first-order chi connectivity index (χ1) is 13.8. The molecule has 1 N–H and O–H groups in total. The van der Waals surface area contributed by atoms with Crippen molar-refractivity contribution in [3.8, 4) is 5.75 Å². The Morgan fingerprint density at radius 1 is 1.17 bits per heavy atom. The number of nitrogens with one attached hydrogen (secondary N) is 1. The van der Waals surface area contributed by atoms with Crippen LogP contribution < -0.4 is 10.1 Å². The maximum atomic E-state index is 12.9. The molecule has 2 amide bonds. The Morgan fingerprint density at radius 2 is 1.83 bits per heavy atom. The summed E-state index contributed by atoms with van der Waals surface area (Å²) < 4.78 is 32.0. The fourth-order valence-corrected chi connectivity index (χ4v) is 5.21. The molecule has 1 saturated heterocycles. The Kier molecular flexibility index (Phi) is 6.58. The van der Waals surface area contributed by atoms with Gasteiger partial charge in [0.05, 0.1) is 16.9 Å². The molecular formula is C18H26N4O6S. The molecule has 0 aromatic heterocycles. The number of methoxy groups -OCH3 is 1. The van der Waals surface area contributed by atoms with E-state index < -0.39 is 20.6 Å². The summed E-state index contributed by atoms with van der Waals surface area (Å²) in [5.74, 6) is -0.00171. The first-order valence-corrected chi connectivity index (χ1v) is 11.1. The molecule has 1 aliphatic heterocycles. The minimum absolute atomic E-state index is 0.00171. The predicted octanol–water partition coefficient (Wildman–Crippen LogP) is 1.95. The van der Waals surface area contributed by atoms with Crippen molar-refractivity contribution in [2.24, 2.45) is 0 Å². The summed E-state index contributed by atoms with van der Waals surface area (Å²) in [6.07, 6.45) is 5.40. The van der Waals surface area contributed by atoms with Crippen LogP contribution in [0.3, 0.4) is 0 Å². The van der Waals surface area contributed by atoms with Crippen molar-refractivity contribution in [1.82, 2.24) is 14.5 Å². The Hall–Kier alpha value is -2.40. The molecule has 0 radical (unpaired) electrons. The third kappa shape index (κ3) is 4.78. The number of benzene rings is 1. The largest absolute Gasteiger partial charge is 0.490 e. The van der Waals surface area contributed by atoms with Crippen molar-refractivity contribution >= 4 is 21.7 Å². The van der Waals surface area contributed by atoms with Gasteiger partial charge in [-0.25, -0.2) is 13.2 Å². The summed E-state index contributed by atoms with van der Waals surface area (Å²) in [4.78, 5) is 24.4. The summed E-state index contributed by atoms with van der Waals surface area (Å²) in [7, 11) is -2.62. The van der Waals surface area contributed by atoms with E-state index in [1.807, 2.05) is 0 Å². The zero-order valence-corrected chi connectivity index (χ0v) is 17.2. The molecule has 0 atom stereocenters. The predicted molar refractivity (Wildman–Crippen MR) is 105 cm³/mol. The van der Waals surface area contributed by atoms with E-state index in [1.54, 1.807) is 4.90 Å². The van der Waals surface area contributed by atoms with Gasteiger partial charge in [0.2, 0.25) is 10.0 Å². The van der Waals surface area contributed by atoms with Crippen LogP contribution in [-0.2, 0) is 10.0 Å². The van der Waals surface area contributed by atoms with E-state index in [0.29, 0.717) is 0 Å². The molecule has 10 nitrogen and oxygen atoms in total. The topological polar surface area (TPSA) is 122 Å². The molecule has 29 heavy (non-hydrogen) atoms. The van der Waals surface area contributed by atoms with Crippen molar-refractivity contribution < 1.29 is 22.9 Å². The van der Waals surface area contributed by atoms with Gasteiger partial charge in [0.25, 0.3) is 0 Å². The van der Waals surface area contributed by atoms with Gasteiger partial charge >= 0.3 is 11.7 Å². The van der Waals surface area contributed by atoms with Crippen LogP contribution in [0.4, 0.5) is 10.5 Å². The first-order valence-electron chi connectivity index (χ1n) is 9.71. The smallest absolute Gasteiger partial charge is 0.317 e. The Bertz CT molecular complexity index is 861. The number of nitro groups is 1. The average molecular weight is 426 g/mol. The van der Waals surface area contributed by atoms with Crippen molar-refractivity contribution in [3.05, 3.63) is 28.3 Å². The fourth-order valence-electron chi connectivity index (χ4n) is 3.77. The summed E-state index contributed by atoms with van der Waals surface area (Å²) in [6.45, 7) is 0.826. The molecule has 160 valence electrons. The maximum absolute atomic E-state index is 12.9. The molecule has 1 aromatic rings. The van der Waals surface area contributed by atoms with E-state index in [0.717, 1.165) is 31.7 Å². The minimum Gasteiger partial charge on any atom is -0.490 e. The fraction of sp³-hybridized carbons (Fsp3) is 0.611. The summed E-state index contributed by atoms with van der Waals surface area (Å²) in [5.41, 5.74) is -0.404. The van der Waals surface area contributed by atoms with Crippen molar-refractivity contribution in [1.29, 1.82) is 0 Å². The quantitative estimate of drug-likeness (QED) is 0.567. The molecule has 1 aromatic carbocycles. The number of nitro benzene ring substituents is 1. The number of carbonyl (C=O) groups is 1. The second-order valence-corrected chi connectivity index (χ2v) is 9.20. The van der Waals surface area contributed by atoms with E-state index >= 15 is 0 Å². The molecule has 11 heteroatoms. The second-order valence-electron chi connectivity index (χ2n) is 7.27. The maximum Gasteiger partial charge on any atom is 0.317 e. The van der Waals surface area contributed by atoms with Gasteiger partial charge in [-0.05, 0) is 25.0 Å². The molecule has 1 heterocycles. The van der Waals surface area contributed by atoms with E-state index in [1.165, 1.54) is 30.0 Å². The van der Waals surface area contributed by atoms with Crippen molar-refractivity contribution in [2.75, 3.05) is 33.3 Å². The number of ether oxygens (including phenoxy) is 1. The molecule has 1 saturated carbocycles. The highest BCUT2D eigenvalue weighted by Gasteiger charge is 2.32. The summed E-state index contributed by atoms with van der Waals surface area (Å²) >= 11 is 0. The van der Waals surface area contributed by atoms with Crippen LogP contribution in [0.5, 0.6) is 5.75 Å². The third-order valence-electron chi connectivity index (χ3n) is 5.44. The highest BCUT2D eigenvalue weighted by molar-refractivity contribution is 7.89. The number of sulfonamides is 1. The number of rotatable bonds is 5. The van der Waals surface area contributed by atoms with Gasteiger partial charge in [-0.2, -0.15) is 4.31 Å². The lowest BCUT2D eigenvalue weighted by molar-refractivity contribution is -0.386. The molecular weight excluding hydrogens is 400 g/mol. The standard InChI is InChI=1S/C18H26N4O6S/c1-28-17-8-7-15(13-16(17)22(24)25)29(26,27)21-11-9-20(10-12-21)18(23)19-14-5-3-2-4-6-14/h7-8,13-14H,2-6,9-12H2,1H3,(H,19,23).